The fourth-order valence-corrected chi connectivity index (χ4v) is 3.83. The molecule has 0 aromatic rings. The largest absolute Gasteiger partial charge is 0.378 e. The third-order valence-electron chi connectivity index (χ3n) is 5.20. The van der Waals surface area contributed by atoms with Crippen molar-refractivity contribution in [2.24, 2.45) is 10.9 Å². The molecule has 0 amide bonds. The van der Waals surface area contributed by atoms with E-state index in [0.717, 1.165) is 57.5 Å². The van der Waals surface area contributed by atoms with Gasteiger partial charge in [-0.15, -0.1) is 24.0 Å². The maximum atomic E-state index is 5.76. The Morgan fingerprint density at radius 3 is 2.21 bits per heavy atom. The van der Waals surface area contributed by atoms with E-state index >= 15 is 0 Å². The molecule has 0 spiro atoms. The van der Waals surface area contributed by atoms with Gasteiger partial charge in [0.1, 0.15) is 0 Å². The third kappa shape index (κ3) is 7.89. The van der Waals surface area contributed by atoms with Crippen molar-refractivity contribution in [3.8, 4) is 0 Å². The summed E-state index contributed by atoms with van der Waals surface area (Å²) in [7, 11) is 0. The number of likely N-dealkylation sites (tertiary alicyclic amines) is 1. The number of ether oxygens (including phenoxy) is 1. The average Bonchev–Trinajstić information content (AvgIpc) is 2.54. The molecule has 0 aromatic heterocycles. The van der Waals surface area contributed by atoms with Gasteiger partial charge in [-0.05, 0) is 45.4 Å². The quantitative estimate of drug-likeness (QED) is 0.382. The van der Waals surface area contributed by atoms with Gasteiger partial charge in [-0.2, -0.15) is 0 Å². The summed E-state index contributed by atoms with van der Waals surface area (Å²) >= 11 is 0. The lowest BCUT2D eigenvalue weighted by Gasteiger charge is -2.34. The molecule has 1 aliphatic carbocycles. The molecule has 0 atom stereocenters. The van der Waals surface area contributed by atoms with Crippen molar-refractivity contribution in [3.05, 3.63) is 0 Å². The van der Waals surface area contributed by atoms with Crippen molar-refractivity contribution >= 4 is 29.9 Å². The maximum absolute atomic E-state index is 5.76. The Labute approximate surface area is 166 Å². The first-order chi connectivity index (χ1) is 11.3. The predicted molar refractivity (Wildman–Crippen MR) is 113 cm³/mol. The molecule has 1 saturated heterocycles. The van der Waals surface area contributed by atoms with Gasteiger partial charge in [0.05, 0.1) is 6.10 Å². The Bertz CT molecular complexity index is 336. The van der Waals surface area contributed by atoms with Crippen LogP contribution < -0.4 is 5.32 Å². The third-order valence-corrected chi connectivity index (χ3v) is 5.20. The number of piperidine rings is 1. The molecule has 0 radical (unpaired) electrons. The summed E-state index contributed by atoms with van der Waals surface area (Å²) in [6.45, 7) is 9.19. The Morgan fingerprint density at radius 2 is 1.62 bits per heavy atom. The fourth-order valence-electron chi connectivity index (χ4n) is 3.83. The zero-order chi connectivity index (χ0) is 16.3. The van der Waals surface area contributed by atoms with Crippen molar-refractivity contribution in [2.45, 2.75) is 77.7 Å². The number of nitrogens with zero attached hydrogens (tertiary/aromatic N) is 2. The first kappa shape index (κ1) is 22.0. The van der Waals surface area contributed by atoms with E-state index in [1.165, 1.54) is 44.9 Å². The van der Waals surface area contributed by atoms with Gasteiger partial charge in [-0.25, -0.2) is 0 Å². The smallest absolute Gasteiger partial charge is 0.193 e. The molecule has 1 heterocycles. The van der Waals surface area contributed by atoms with E-state index in [1.807, 2.05) is 0 Å². The first-order valence-electron chi connectivity index (χ1n) is 9.98. The second kappa shape index (κ2) is 13.2. The van der Waals surface area contributed by atoms with Gasteiger partial charge in [-0.3, -0.25) is 4.99 Å². The normalized spacial score (nSPS) is 21.8. The Morgan fingerprint density at radius 1 is 1.00 bits per heavy atom. The van der Waals surface area contributed by atoms with Crippen LogP contribution in [-0.4, -0.2) is 49.7 Å². The highest BCUT2D eigenvalue weighted by molar-refractivity contribution is 14.0. The van der Waals surface area contributed by atoms with Crippen molar-refractivity contribution in [3.63, 3.8) is 0 Å². The number of nitrogens with one attached hydrogen (secondary N) is 1. The van der Waals surface area contributed by atoms with E-state index in [0.29, 0.717) is 6.10 Å². The molecule has 2 fully saturated rings. The second-order valence-corrected chi connectivity index (χ2v) is 7.05. The highest BCUT2D eigenvalue weighted by Crippen LogP contribution is 2.22. The summed E-state index contributed by atoms with van der Waals surface area (Å²) in [4.78, 5) is 7.43. The minimum atomic E-state index is 0. The van der Waals surface area contributed by atoms with E-state index in [9.17, 15) is 0 Å². The summed E-state index contributed by atoms with van der Waals surface area (Å²) < 4.78 is 5.76. The molecule has 5 heteroatoms. The molecule has 0 bridgehead atoms. The first-order valence-corrected chi connectivity index (χ1v) is 9.98. The molecule has 1 N–H and O–H groups in total. The van der Waals surface area contributed by atoms with Crippen molar-refractivity contribution in [1.82, 2.24) is 10.2 Å². The van der Waals surface area contributed by atoms with Gasteiger partial charge >= 0.3 is 0 Å². The number of hydrogen-bond acceptors (Lipinski definition) is 2. The Kier molecular flexibility index (Phi) is 12.1. The second-order valence-electron chi connectivity index (χ2n) is 7.05. The van der Waals surface area contributed by atoms with Gasteiger partial charge in [0.15, 0.2) is 5.96 Å². The van der Waals surface area contributed by atoms with Crippen molar-refractivity contribution < 1.29 is 4.74 Å². The zero-order valence-electron chi connectivity index (χ0n) is 15.8. The molecule has 1 saturated carbocycles. The predicted octanol–water partition coefficient (Wildman–Crippen LogP) is 4.43. The molecule has 142 valence electrons. The van der Waals surface area contributed by atoms with Crippen LogP contribution >= 0.6 is 24.0 Å². The standard InChI is InChI=1S/C19H37N3O.HI/c1-3-20-19(22-14-12-18(13-15-22)23-4-2)21-16-17-10-8-6-5-7-9-11-17;/h17-18H,3-16H2,1-2H3,(H,20,21);1H. The van der Waals surface area contributed by atoms with Gasteiger partial charge < -0.3 is 15.0 Å². The topological polar surface area (TPSA) is 36.9 Å². The highest BCUT2D eigenvalue weighted by atomic mass is 127. The molecule has 0 unspecified atom stereocenters. The summed E-state index contributed by atoms with van der Waals surface area (Å²) in [6.07, 6.45) is 12.5. The van der Waals surface area contributed by atoms with Gasteiger partial charge in [0.2, 0.25) is 0 Å². The molecular formula is C19H38IN3O. The van der Waals surface area contributed by atoms with Crippen LogP contribution in [0.25, 0.3) is 0 Å². The highest BCUT2D eigenvalue weighted by Gasteiger charge is 2.22. The lowest BCUT2D eigenvalue weighted by molar-refractivity contribution is 0.0263. The summed E-state index contributed by atoms with van der Waals surface area (Å²) in [5.41, 5.74) is 0. The van der Waals surface area contributed by atoms with Crippen LogP contribution in [0.5, 0.6) is 0 Å². The van der Waals surface area contributed by atoms with E-state index < -0.39 is 0 Å². The van der Waals surface area contributed by atoms with Crippen molar-refractivity contribution in [1.29, 1.82) is 0 Å². The minimum absolute atomic E-state index is 0. The Balaban J connectivity index is 0.00000288. The monoisotopic (exact) mass is 451 g/mol. The van der Waals surface area contributed by atoms with Crippen LogP contribution in [-0.2, 0) is 4.74 Å². The molecule has 4 nitrogen and oxygen atoms in total. The summed E-state index contributed by atoms with van der Waals surface area (Å²) in [6, 6.07) is 0. The van der Waals surface area contributed by atoms with E-state index in [-0.39, 0.29) is 24.0 Å². The Hall–Kier alpha value is -0.0400. The van der Waals surface area contributed by atoms with E-state index in [2.05, 4.69) is 24.1 Å². The van der Waals surface area contributed by atoms with Crippen LogP contribution in [0.2, 0.25) is 0 Å². The number of hydrogen-bond donors (Lipinski definition) is 1. The lowest BCUT2D eigenvalue weighted by Crippen LogP contribution is -2.47. The summed E-state index contributed by atoms with van der Waals surface area (Å²) in [5, 5.41) is 3.50. The van der Waals surface area contributed by atoms with Crippen LogP contribution in [0.4, 0.5) is 0 Å². The maximum Gasteiger partial charge on any atom is 0.193 e. The van der Waals surface area contributed by atoms with Crippen molar-refractivity contribution in [2.75, 3.05) is 32.8 Å². The number of guanidine groups is 1. The van der Waals surface area contributed by atoms with Gasteiger partial charge in [-0.1, -0.05) is 32.1 Å². The summed E-state index contributed by atoms with van der Waals surface area (Å²) in [5.74, 6) is 1.93. The van der Waals surface area contributed by atoms with Gasteiger partial charge in [0.25, 0.3) is 0 Å². The van der Waals surface area contributed by atoms with E-state index in [1.54, 1.807) is 0 Å². The molecule has 0 aromatic carbocycles. The molecule has 1 aliphatic heterocycles. The SMILES string of the molecule is CCNC(=NCC1CCCCCCC1)N1CCC(OCC)CC1.I. The average molecular weight is 451 g/mol. The molecule has 2 aliphatic rings. The minimum Gasteiger partial charge on any atom is -0.378 e. The van der Waals surface area contributed by atoms with Crippen LogP contribution in [0.3, 0.4) is 0 Å². The number of aliphatic imine (C=N–C) groups is 1. The van der Waals surface area contributed by atoms with Crippen LogP contribution in [0.1, 0.15) is 71.6 Å². The molecule has 24 heavy (non-hydrogen) atoms. The number of halogens is 1. The van der Waals surface area contributed by atoms with E-state index in [4.69, 9.17) is 9.73 Å². The lowest BCUT2D eigenvalue weighted by atomic mass is 9.91. The molecule has 2 rings (SSSR count). The van der Waals surface area contributed by atoms with Gasteiger partial charge in [0, 0.05) is 32.8 Å². The fraction of sp³-hybridized carbons (Fsp3) is 0.947. The van der Waals surface area contributed by atoms with Crippen LogP contribution in [0, 0.1) is 5.92 Å². The van der Waals surface area contributed by atoms with Crippen LogP contribution in [0.15, 0.2) is 4.99 Å². The molecular weight excluding hydrogens is 413 g/mol. The zero-order valence-corrected chi connectivity index (χ0v) is 18.1. The number of rotatable bonds is 5.